The van der Waals surface area contributed by atoms with Gasteiger partial charge in [0.1, 0.15) is 11.5 Å². The van der Waals surface area contributed by atoms with Gasteiger partial charge >= 0.3 is 0 Å². The molecule has 1 aromatic carbocycles. The Morgan fingerprint density at radius 2 is 2.21 bits per heavy atom. The van der Waals surface area contributed by atoms with Crippen LogP contribution >= 0.6 is 15.9 Å². The van der Waals surface area contributed by atoms with Gasteiger partial charge in [-0.1, -0.05) is 0 Å². The topological polar surface area (TPSA) is 60.0 Å². The van der Waals surface area contributed by atoms with Crippen LogP contribution in [0.25, 0.3) is 0 Å². The molecule has 0 saturated carbocycles. The first-order valence-corrected chi connectivity index (χ1v) is 6.52. The Labute approximate surface area is 118 Å². The smallest absolute Gasteiger partial charge is 0.272 e. The summed E-state index contributed by atoms with van der Waals surface area (Å²) in [6, 6.07) is 5.81. The summed E-state index contributed by atoms with van der Waals surface area (Å²) in [5, 5.41) is 2.69. The molecule has 0 aliphatic rings. The maximum Gasteiger partial charge on any atom is 0.272 e. The largest absolute Gasteiger partial charge is 0.396 e. The zero-order valence-electron chi connectivity index (χ0n) is 10.3. The average Bonchev–Trinajstić information content (AvgIpc) is 2.75. The van der Waals surface area contributed by atoms with E-state index in [1.165, 1.54) is 18.2 Å². The van der Waals surface area contributed by atoms with Gasteiger partial charge in [0.25, 0.3) is 5.91 Å². The number of amides is 1. The van der Waals surface area contributed by atoms with E-state index < -0.39 is 5.82 Å². The Bertz CT molecular complexity index is 624. The first-order valence-electron chi connectivity index (χ1n) is 5.73. The van der Waals surface area contributed by atoms with Gasteiger partial charge in [-0.2, -0.15) is 0 Å². The molecule has 0 bridgehead atoms. The van der Waals surface area contributed by atoms with Gasteiger partial charge < -0.3 is 15.6 Å². The third-order valence-electron chi connectivity index (χ3n) is 2.69. The van der Waals surface area contributed by atoms with Gasteiger partial charge in [-0.3, -0.25) is 4.79 Å². The number of nitrogens with zero attached hydrogens (tertiary/aromatic N) is 1. The Balaban J connectivity index is 2.22. The average molecular weight is 326 g/mol. The fraction of sp³-hybridized carbons (Fsp3) is 0.154. The third kappa shape index (κ3) is 2.96. The van der Waals surface area contributed by atoms with E-state index in [1.807, 2.05) is 17.7 Å². The van der Waals surface area contributed by atoms with E-state index in [-0.39, 0.29) is 11.6 Å². The lowest BCUT2D eigenvalue weighted by molar-refractivity contribution is 0.101. The summed E-state index contributed by atoms with van der Waals surface area (Å²) >= 11 is 3.33. The number of nitrogen functional groups attached to an aromatic ring is 1. The first-order chi connectivity index (χ1) is 9.01. The highest BCUT2D eigenvalue weighted by Gasteiger charge is 2.13. The van der Waals surface area contributed by atoms with Crippen LogP contribution in [0.5, 0.6) is 0 Å². The molecule has 0 unspecified atom stereocenters. The molecule has 0 aliphatic heterocycles. The maximum atomic E-state index is 13.0. The Kier molecular flexibility index (Phi) is 3.90. The highest BCUT2D eigenvalue weighted by Crippen LogP contribution is 2.19. The molecule has 0 aliphatic carbocycles. The molecule has 2 rings (SSSR count). The molecule has 4 nitrogen and oxygen atoms in total. The van der Waals surface area contributed by atoms with Crippen molar-refractivity contribution in [2.75, 3.05) is 11.1 Å². The minimum absolute atomic E-state index is 0.00450. The van der Waals surface area contributed by atoms with Crippen LogP contribution in [-0.4, -0.2) is 10.5 Å². The van der Waals surface area contributed by atoms with Crippen LogP contribution in [0.4, 0.5) is 15.8 Å². The standard InChI is InChI=1S/C13H13BrFN3O/c1-2-18-7-8(14)5-12(18)13(19)17-9-3-4-10(15)11(16)6-9/h3-7H,2,16H2,1H3,(H,17,19). The molecule has 0 spiro atoms. The molecule has 0 atom stereocenters. The van der Waals surface area contributed by atoms with Crippen molar-refractivity contribution >= 4 is 33.2 Å². The van der Waals surface area contributed by atoms with Gasteiger partial charge in [0, 0.05) is 22.9 Å². The lowest BCUT2D eigenvalue weighted by Gasteiger charge is -2.08. The van der Waals surface area contributed by atoms with Crippen LogP contribution in [0, 0.1) is 5.82 Å². The van der Waals surface area contributed by atoms with Crippen molar-refractivity contribution in [1.82, 2.24) is 4.57 Å². The quantitative estimate of drug-likeness (QED) is 0.851. The number of carbonyl (C=O) groups excluding carboxylic acids is 1. The van der Waals surface area contributed by atoms with Crippen molar-refractivity contribution in [3.05, 3.63) is 46.4 Å². The summed E-state index contributed by atoms with van der Waals surface area (Å²) in [6.45, 7) is 2.62. The lowest BCUT2D eigenvalue weighted by atomic mass is 10.2. The van der Waals surface area contributed by atoms with E-state index >= 15 is 0 Å². The minimum atomic E-state index is -0.502. The van der Waals surface area contributed by atoms with Crippen molar-refractivity contribution in [3.63, 3.8) is 0 Å². The minimum Gasteiger partial charge on any atom is -0.396 e. The normalized spacial score (nSPS) is 10.5. The van der Waals surface area contributed by atoms with E-state index in [0.29, 0.717) is 17.9 Å². The molecule has 1 amide bonds. The van der Waals surface area contributed by atoms with Crippen molar-refractivity contribution < 1.29 is 9.18 Å². The fourth-order valence-electron chi connectivity index (χ4n) is 1.74. The third-order valence-corrected chi connectivity index (χ3v) is 3.12. The van der Waals surface area contributed by atoms with Crippen LogP contribution < -0.4 is 11.1 Å². The summed E-state index contributed by atoms with van der Waals surface area (Å²) in [5.74, 6) is -0.767. The molecule has 1 heterocycles. The van der Waals surface area contributed by atoms with E-state index in [9.17, 15) is 9.18 Å². The number of nitrogens with two attached hydrogens (primary N) is 1. The zero-order chi connectivity index (χ0) is 14.0. The van der Waals surface area contributed by atoms with E-state index in [0.717, 1.165) is 4.47 Å². The Hall–Kier alpha value is -1.82. The van der Waals surface area contributed by atoms with Gasteiger partial charge in [0.05, 0.1) is 5.69 Å². The van der Waals surface area contributed by atoms with Crippen LogP contribution in [-0.2, 0) is 6.54 Å². The maximum absolute atomic E-state index is 13.0. The molecular weight excluding hydrogens is 313 g/mol. The summed E-state index contributed by atoms with van der Waals surface area (Å²) in [7, 11) is 0. The van der Waals surface area contributed by atoms with Crippen LogP contribution in [0.15, 0.2) is 34.9 Å². The number of aromatic nitrogens is 1. The van der Waals surface area contributed by atoms with E-state index in [1.54, 1.807) is 6.07 Å². The highest BCUT2D eigenvalue weighted by molar-refractivity contribution is 9.10. The predicted molar refractivity (Wildman–Crippen MR) is 76.6 cm³/mol. The molecular formula is C13H13BrFN3O. The zero-order valence-corrected chi connectivity index (χ0v) is 11.9. The number of nitrogens with one attached hydrogen (secondary N) is 1. The monoisotopic (exact) mass is 325 g/mol. The molecule has 6 heteroatoms. The fourth-order valence-corrected chi connectivity index (χ4v) is 2.21. The molecule has 100 valence electrons. The second-order valence-corrected chi connectivity index (χ2v) is 4.94. The summed E-state index contributed by atoms with van der Waals surface area (Å²) in [6.07, 6.45) is 1.83. The van der Waals surface area contributed by atoms with Gasteiger partial charge in [0.15, 0.2) is 0 Å². The number of hydrogen-bond donors (Lipinski definition) is 2. The van der Waals surface area contributed by atoms with Crippen molar-refractivity contribution in [3.8, 4) is 0 Å². The predicted octanol–water partition coefficient (Wildman–Crippen LogP) is 3.24. The SMILES string of the molecule is CCn1cc(Br)cc1C(=O)Nc1ccc(F)c(N)c1. The van der Waals surface area contributed by atoms with Crippen molar-refractivity contribution in [1.29, 1.82) is 0 Å². The summed E-state index contributed by atoms with van der Waals surface area (Å²) in [4.78, 5) is 12.1. The van der Waals surface area contributed by atoms with Crippen molar-refractivity contribution in [2.24, 2.45) is 0 Å². The van der Waals surface area contributed by atoms with Gasteiger partial charge in [-0.15, -0.1) is 0 Å². The molecule has 0 fully saturated rings. The summed E-state index contributed by atoms with van der Waals surface area (Å²) < 4.78 is 15.7. The second-order valence-electron chi connectivity index (χ2n) is 4.02. The Morgan fingerprint density at radius 1 is 1.47 bits per heavy atom. The van der Waals surface area contributed by atoms with Gasteiger partial charge in [-0.05, 0) is 47.1 Å². The highest BCUT2D eigenvalue weighted by atomic mass is 79.9. The number of aryl methyl sites for hydroxylation is 1. The van der Waals surface area contributed by atoms with Crippen molar-refractivity contribution in [2.45, 2.75) is 13.5 Å². The second kappa shape index (κ2) is 5.44. The van der Waals surface area contributed by atoms with E-state index in [2.05, 4.69) is 21.2 Å². The molecule has 3 N–H and O–H groups in total. The van der Waals surface area contributed by atoms with Crippen LogP contribution in [0.2, 0.25) is 0 Å². The number of halogens is 2. The molecule has 0 saturated heterocycles. The molecule has 2 aromatic rings. The number of rotatable bonds is 3. The molecule has 19 heavy (non-hydrogen) atoms. The van der Waals surface area contributed by atoms with Crippen LogP contribution in [0.3, 0.4) is 0 Å². The number of carbonyl (C=O) groups is 1. The Morgan fingerprint density at radius 3 is 2.84 bits per heavy atom. The number of benzene rings is 1. The van der Waals surface area contributed by atoms with Gasteiger partial charge in [0.2, 0.25) is 0 Å². The summed E-state index contributed by atoms with van der Waals surface area (Å²) in [5.41, 5.74) is 6.45. The first kappa shape index (κ1) is 13.6. The lowest BCUT2D eigenvalue weighted by Crippen LogP contribution is -2.16. The molecule has 1 aromatic heterocycles. The van der Waals surface area contributed by atoms with Crippen LogP contribution in [0.1, 0.15) is 17.4 Å². The van der Waals surface area contributed by atoms with Gasteiger partial charge in [-0.25, -0.2) is 4.39 Å². The molecule has 0 radical (unpaired) electrons. The number of hydrogen-bond acceptors (Lipinski definition) is 2. The number of anilines is 2. The van der Waals surface area contributed by atoms with E-state index in [4.69, 9.17) is 5.73 Å².